The van der Waals surface area contributed by atoms with Crippen molar-refractivity contribution in [1.29, 1.82) is 0 Å². The minimum absolute atomic E-state index is 0.0156. The predicted molar refractivity (Wildman–Crippen MR) is 66.1 cm³/mol. The second-order valence-corrected chi connectivity index (χ2v) is 4.06. The highest BCUT2D eigenvalue weighted by molar-refractivity contribution is 6.33. The lowest BCUT2D eigenvalue weighted by molar-refractivity contribution is 0.102. The van der Waals surface area contributed by atoms with Crippen LogP contribution in [-0.4, -0.2) is 15.9 Å². The van der Waals surface area contributed by atoms with Crippen molar-refractivity contribution in [1.82, 2.24) is 9.97 Å². The molecule has 0 aliphatic carbocycles. The van der Waals surface area contributed by atoms with Crippen LogP contribution < -0.4 is 5.32 Å². The van der Waals surface area contributed by atoms with Gasteiger partial charge < -0.3 is 5.32 Å². The van der Waals surface area contributed by atoms with Crippen LogP contribution in [0.5, 0.6) is 0 Å². The number of rotatable bonds is 2. The molecule has 0 aromatic carbocycles. The van der Waals surface area contributed by atoms with Crippen LogP contribution in [0.15, 0.2) is 30.7 Å². The Morgan fingerprint density at radius 1 is 1.33 bits per heavy atom. The average Bonchev–Trinajstić information content (AvgIpc) is 2.32. The second kappa shape index (κ2) is 5.10. The van der Waals surface area contributed by atoms with Crippen molar-refractivity contribution in [2.45, 2.75) is 6.92 Å². The molecule has 2 heterocycles. The second-order valence-electron chi connectivity index (χ2n) is 3.70. The number of halogens is 2. The van der Waals surface area contributed by atoms with Gasteiger partial charge in [-0.25, -0.2) is 9.37 Å². The van der Waals surface area contributed by atoms with Crippen LogP contribution in [0.1, 0.15) is 15.9 Å². The maximum Gasteiger partial charge on any atom is 0.258 e. The monoisotopic (exact) mass is 265 g/mol. The van der Waals surface area contributed by atoms with E-state index >= 15 is 0 Å². The van der Waals surface area contributed by atoms with E-state index in [1.807, 2.05) is 6.92 Å². The third kappa shape index (κ3) is 2.81. The Balaban J connectivity index is 2.24. The van der Waals surface area contributed by atoms with Gasteiger partial charge in [-0.2, -0.15) is 0 Å². The van der Waals surface area contributed by atoms with Crippen molar-refractivity contribution < 1.29 is 9.18 Å². The summed E-state index contributed by atoms with van der Waals surface area (Å²) in [6, 6.07) is 2.78. The van der Waals surface area contributed by atoms with Gasteiger partial charge in [-0.1, -0.05) is 11.6 Å². The maximum atomic E-state index is 13.0. The van der Waals surface area contributed by atoms with Gasteiger partial charge in [0.15, 0.2) is 0 Å². The Morgan fingerprint density at radius 2 is 2.11 bits per heavy atom. The van der Waals surface area contributed by atoms with Crippen LogP contribution in [0.25, 0.3) is 0 Å². The molecule has 0 fully saturated rings. The first-order chi connectivity index (χ1) is 8.56. The van der Waals surface area contributed by atoms with Crippen molar-refractivity contribution in [3.05, 3.63) is 52.8 Å². The number of nitrogens with one attached hydrogen (secondary N) is 1. The minimum Gasteiger partial charge on any atom is -0.320 e. The van der Waals surface area contributed by atoms with Crippen molar-refractivity contribution in [3.63, 3.8) is 0 Å². The van der Waals surface area contributed by atoms with E-state index in [0.29, 0.717) is 5.69 Å². The van der Waals surface area contributed by atoms with Crippen molar-refractivity contribution in [2.75, 3.05) is 5.32 Å². The molecule has 0 saturated heterocycles. The van der Waals surface area contributed by atoms with E-state index in [-0.39, 0.29) is 10.7 Å². The van der Waals surface area contributed by atoms with Crippen LogP contribution in [-0.2, 0) is 0 Å². The molecule has 0 spiro atoms. The van der Waals surface area contributed by atoms with Gasteiger partial charge in [-0.05, 0) is 24.6 Å². The first kappa shape index (κ1) is 12.4. The summed E-state index contributed by atoms with van der Waals surface area (Å²) in [7, 11) is 0. The summed E-state index contributed by atoms with van der Waals surface area (Å²) in [5.74, 6) is -1.15. The zero-order valence-corrected chi connectivity index (χ0v) is 10.2. The Hall–Kier alpha value is -2.01. The quantitative estimate of drug-likeness (QED) is 0.850. The van der Waals surface area contributed by atoms with E-state index < -0.39 is 11.7 Å². The Labute approximate surface area is 108 Å². The van der Waals surface area contributed by atoms with Gasteiger partial charge in [0.2, 0.25) is 0 Å². The lowest BCUT2D eigenvalue weighted by Gasteiger charge is -2.06. The topological polar surface area (TPSA) is 54.9 Å². The molecular formula is C12H9ClFN3O. The third-order valence-corrected chi connectivity index (χ3v) is 2.48. The van der Waals surface area contributed by atoms with Crippen molar-refractivity contribution >= 4 is 23.2 Å². The Bertz CT molecular complexity index is 604. The fourth-order valence-corrected chi connectivity index (χ4v) is 1.59. The summed E-state index contributed by atoms with van der Waals surface area (Å²) >= 11 is 5.73. The van der Waals surface area contributed by atoms with E-state index in [4.69, 9.17) is 11.6 Å². The molecule has 2 aromatic heterocycles. The number of aromatic nitrogens is 2. The molecule has 1 amide bonds. The standard InChI is InChI=1S/C12H9ClFN3O/c1-7-2-9(6-15-4-7)17-12(18)10-3-8(14)5-16-11(10)13/h2-6H,1H3,(H,17,18). The molecule has 92 valence electrons. The van der Waals surface area contributed by atoms with Gasteiger partial charge in [-0.3, -0.25) is 9.78 Å². The van der Waals surface area contributed by atoms with Gasteiger partial charge in [0.25, 0.3) is 5.91 Å². The maximum absolute atomic E-state index is 13.0. The van der Waals surface area contributed by atoms with Crippen LogP contribution in [0.4, 0.5) is 10.1 Å². The SMILES string of the molecule is Cc1cncc(NC(=O)c2cc(F)cnc2Cl)c1. The molecule has 1 N–H and O–H groups in total. The molecule has 4 nitrogen and oxygen atoms in total. The number of hydrogen-bond acceptors (Lipinski definition) is 3. The number of carbonyl (C=O) groups excluding carboxylic acids is 1. The number of hydrogen-bond donors (Lipinski definition) is 1. The molecule has 0 radical (unpaired) electrons. The first-order valence-electron chi connectivity index (χ1n) is 5.10. The summed E-state index contributed by atoms with van der Waals surface area (Å²) in [4.78, 5) is 19.4. The summed E-state index contributed by atoms with van der Waals surface area (Å²) in [5, 5.41) is 2.53. The minimum atomic E-state index is -0.619. The predicted octanol–water partition coefficient (Wildman–Crippen LogP) is 2.83. The van der Waals surface area contributed by atoms with E-state index in [0.717, 1.165) is 17.8 Å². The molecular weight excluding hydrogens is 257 g/mol. The number of pyridine rings is 2. The number of aryl methyl sites for hydroxylation is 1. The molecule has 6 heteroatoms. The van der Waals surface area contributed by atoms with Crippen LogP contribution in [0, 0.1) is 12.7 Å². The van der Waals surface area contributed by atoms with Crippen molar-refractivity contribution in [2.24, 2.45) is 0 Å². The van der Waals surface area contributed by atoms with Crippen LogP contribution in [0.3, 0.4) is 0 Å². The molecule has 0 aliphatic heterocycles. The van der Waals surface area contributed by atoms with Gasteiger partial charge in [0.1, 0.15) is 11.0 Å². The average molecular weight is 266 g/mol. The van der Waals surface area contributed by atoms with Gasteiger partial charge in [0, 0.05) is 6.20 Å². The van der Waals surface area contributed by atoms with E-state index in [2.05, 4.69) is 15.3 Å². The highest BCUT2D eigenvalue weighted by atomic mass is 35.5. The summed E-state index contributed by atoms with van der Waals surface area (Å²) in [6.45, 7) is 1.85. The Kier molecular flexibility index (Phi) is 3.53. The zero-order chi connectivity index (χ0) is 13.1. The smallest absolute Gasteiger partial charge is 0.258 e. The number of carbonyl (C=O) groups is 1. The summed E-state index contributed by atoms with van der Waals surface area (Å²) < 4.78 is 13.0. The number of nitrogens with zero attached hydrogens (tertiary/aromatic N) is 2. The lowest BCUT2D eigenvalue weighted by atomic mass is 10.2. The third-order valence-electron chi connectivity index (χ3n) is 2.18. The molecule has 2 rings (SSSR count). The molecule has 0 unspecified atom stereocenters. The first-order valence-corrected chi connectivity index (χ1v) is 5.48. The summed E-state index contributed by atoms with van der Waals surface area (Å²) in [5.41, 5.74) is 1.40. The molecule has 18 heavy (non-hydrogen) atoms. The highest BCUT2D eigenvalue weighted by Crippen LogP contribution is 2.16. The number of amides is 1. The van der Waals surface area contributed by atoms with Crippen LogP contribution >= 0.6 is 11.6 Å². The fourth-order valence-electron chi connectivity index (χ4n) is 1.40. The van der Waals surface area contributed by atoms with Crippen LogP contribution in [0.2, 0.25) is 5.15 Å². The molecule has 0 aliphatic rings. The molecule has 0 bridgehead atoms. The largest absolute Gasteiger partial charge is 0.320 e. The van der Waals surface area contributed by atoms with E-state index in [1.165, 1.54) is 6.20 Å². The normalized spacial score (nSPS) is 10.2. The van der Waals surface area contributed by atoms with Gasteiger partial charge in [0.05, 0.1) is 23.6 Å². The zero-order valence-electron chi connectivity index (χ0n) is 9.45. The van der Waals surface area contributed by atoms with E-state index in [9.17, 15) is 9.18 Å². The summed E-state index contributed by atoms with van der Waals surface area (Å²) in [6.07, 6.45) is 4.10. The molecule has 2 aromatic rings. The van der Waals surface area contributed by atoms with Gasteiger partial charge >= 0.3 is 0 Å². The van der Waals surface area contributed by atoms with Gasteiger partial charge in [-0.15, -0.1) is 0 Å². The van der Waals surface area contributed by atoms with E-state index in [1.54, 1.807) is 12.3 Å². The molecule has 0 atom stereocenters. The number of anilines is 1. The van der Waals surface area contributed by atoms with Crippen molar-refractivity contribution in [3.8, 4) is 0 Å². The molecule has 0 saturated carbocycles. The Morgan fingerprint density at radius 3 is 2.83 bits per heavy atom. The lowest BCUT2D eigenvalue weighted by Crippen LogP contribution is -2.13. The highest BCUT2D eigenvalue weighted by Gasteiger charge is 2.13. The fraction of sp³-hybridized carbons (Fsp3) is 0.0833.